The highest BCUT2D eigenvalue weighted by Gasteiger charge is 2.21. The van der Waals surface area contributed by atoms with Crippen LogP contribution in [0, 0.1) is 6.92 Å². The maximum atomic E-state index is 6.04. The molecule has 0 saturated carbocycles. The highest BCUT2D eigenvalue weighted by Crippen LogP contribution is 2.26. The highest BCUT2D eigenvalue weighted by molar-refractivity contribution is 9.10. The van der Waals surface area contributed by atoms with Crippen LogP contribution in [-0.4, -0.2) is 49.6 Å². The van der Waals surface area contributed by atoms with E-state index in [-0.39, 0.29) is 0 Å². The zero-order valence-electron chi connectivity index (χ0n) is 11.9. The van der Waals surface area contributed by atoms with Gasteiger partial charge in [-0.05, 0) is 44.1 Å². The molecule has 0 aromatic heterocycles. The summed E-state index contributed by atoms with van der Waals surface area (Å²) < 4.78 is 1.18. The van der Waals surface area contributed by atoms with E-state index < -0.39 is 0 Å². The minimum absolute atomic E-state index is 0.336. The van der Waals surface area contributed by atoms with Crippen molar-refractivity contribution in [2.45, 2.75) is 19.4 Å². The second-order valence-corrected chi connectivity index (χ2v) is 6.31. The minimum atomic E-state index is 0.336. The average molecular weight is 326 g/mol. The molecular formula is C15H24BrN3. The lowest BCUT2D eigenvalue weighted by molar-refractivity contribution is 0.208. The third-order valence-electron chi connectivity index (χ3n) is 4.00. The summed E-state index contributed by atoms with van der Waals surface area (Å²) in [5.74, 6) is 0. The Kier molecular flexibility index (Phi) is 5.39. The van der Waals surface area contributed by atoms with Crippen LogP contribution in [-0.2, 0) is 0 Å². The second-order valence-electron chi connectivity index (χ2n) is 5.45. The van der Waals surface area contributed by atoms with Gasteiger partial charge in [0.25, 0.3) is 0 Å². The van der Waals surface area contributed by atoms with Crippen LogP contribution in [0.5, 0.6) is 0 Å². The summed E-state index contributed by atoms with van der Waals surface area (Å²) in [4.78, 5) is 4.93. The Labute approximate surface area is 124 Å². The number of aryl methyl sites for hydroxylation is 1. The molecule has 2 N–H and O–H groups in total. The van der Waals surface area contributed by atoms with E-state index in [1.165, 1.54) is 28.6 Å². The van der Waals surface area contributed by atoms with E-state index in [9.17, 15) is 0 Å². The monoisotopic (exact) mass is 325 g/mol. The van der Waals surface area contributed by atoms with Crippen LogP contribution in [0.15, 0.2) is 22.7 Å². The Bertz CT molecular complexity index is 422. The second kappa shape index (κ2) is 6.84. The van der Waals surface area contributed by atoms with Crippen LogP contribution in [0.25, 0.3) is 0 Å². The topological polar surface area (TPSA) is 32.5 Å². The lowest BCUT2D eigenvalue weighted by Crippen LogP contribution is -2.36. The molecule has 0 bridgehead atoms. The maximum absolute atomic E-state index is 6.04. The van der Waals surface area contributed by atoms with Crippen LogP contribution < -0.4 is 5.73 Å². The summed E-state index contributed by atoms with van der Waals surface area (Å²) in [7, 11) is 2.20. The van der Waals surface area contributed by atoms with Crippen LogP contribution in [0.3, 0.4) is 0 Å². The standard InChI is InChI=1S/C15H24BrN3/c1-12-4-5-13(10-14(12)16)15(11-17)19-7-3-6-18(2)8-9-19/h4-5,10,15H,3,6-9,11,17H2,1-2H3. The molecule has 4 heteroatoms. The molecule has 0 amide bonds. The summed E-state index contributed by atoms with van der Waals surface area (Å²) in [6.45, 7) is 7.35. The van der Waals surface area contributed by atoms with E-state index in [0.717, 1.165) is 19.6 Å². The molecule has 1 heterocycles. The quantitative estimate of drug-likeness (QED) is 0.926. The van der Waals surface area contributed by atoms with Gasteiger partial charge in [-0.3, -0.25) is 4.90 Å². The number of hydrogen-bond donors (Lipinski definition) is 1. The SMILES string of the molecule is Cc1ccc(C(CN)N2CCCN(C)CC2)cc1Br. The average Bonchev–Trinajstić information content (AvgIpc) is 2.60. The molecule has 1 fully saturated rings. The first-order valence-electron chi connectivity index (χ1n) is 7.00. The Morgan fingerprint density at radius 2 is 2.05 bits per heavy atom. The van der Waals surface area contributed by atoms with Gasteiger partial charge in [0.1, 0.15) is 0 Å². The first-order valence-corrected chi connectivity index (χ1v) is 7.80. The van der Waals surface area contributed by atoms with Crippen molar-refractivity contribution in [1.82, 2.24) is 9.80 Å². The number of rotatable bonds is 3. The fourth-order valence-electron chi connectivity index (χ4n) is 2.69. The lowest BCUT2D eigenvalue weighted by Gasteiger charge is -2.30. The predicted molar refractivity (Wildman–Crippen MR) is 84.4 cm³/mol. The third kappa shape index (κ3) is 3.78. The van der Waals surface area contributed by atoms with Crippen LogP contribution in [0.2, 0.25) is 0 Å². The van der Waals surface area contributed by atoms with Crippen molar-refractivity contribution in [2.24, 2.45) is 5.73 Å². The van der Waals surface area contributed by atoms with Crippen molar-refractivity contribution < 1.29 is 0 Å². The molecule has 0 spiro atoms. The molecule has 0 radical (unpaired) electrons. The molecule has 2 rings (SSSR count). The van der Waals surface area contributed by atoms with E-state index in [1.54, 1.807) is 0 Å². The number of benzene rings is 1. The molecule has 1 unspecified atom stereocenters. The number of nitrogens with zero attached hydrogens (tertiary/aromatic N) is 2. The fraction of sp³-hybridized carbons (Fsp3) is 0.600. The van der Waals surface area contributed by atoms with Crippen LogP contribution >= 0.6 is 15.9 Å². The number of likely N-dealkylation sites (N-methyl/N-ethyl adjacent to an activating group) is 1. The largest absolute Gasteiger partial charge is 0.329 e. The molecule has 1 saturated heterocycles. The molecule has 106 valence electrons. The van der Waals surface area contributed by atoms with Gasteiger partial charge in [0, 0.05) is 36.7 Å². The van der Waals surface area contributed by atoms with E-state index in [2.05, 4.69) is 57.9 Å². The molecular weight excluding hydrogens is 302 g/mol. The third-order valence-corrected chi connectivity index (χ3v) is 4.85. The van der Waals surface area contributed by atoms with Gasteiger partial charge in [-0.25, -0.2) is 0 Å². The van der Waals surface area contributed by atoms with E-state index >= 15 is 0 Å². The Morgan fingerprint density at radius 3 is 2.74 bits per heavy atom. The first-order chi connectivity index (χ1) is 9.11. The van der Waals surface area contributed by atoms with Gasteiger partial charge in [0.2, 0.25) is 0 Å². The number of halogens is 1. The van der Waals surface area contributed by atoms with Gasteiger partial charge in [-0.15, -0.1) is 0 Å². The first kappa shape index (κ1) is 15.0. The van der Waals surface area contributed by atoms with Crippen molar-refractivity contribution in [1.29, 1.82) is 0 Å². The van der Waals surface area contributed by atoms with Crippen LogP contribution in [0.4, 0.5) is 0 Å². The van der Waals surface area contributed by atoms with E-state index in [1.807, 2.05) is 0 Å². The maximum Gasteiger partial charge on any atom is 0.0471 e. The van der Waals surface area contributed by atoms with Crippen molar-refractivity contribution in [3.8, 4) is 0 Å². The normalized spacial score (nSPS) is 20.2. The number of nitrogens with two attached hydrogens (primary N) is 1. The molecule has 1 atom stereocenters. The van der Waals surface area contributed by atoms with Gasteiger partial charge in [0.05, 0.1) is 0 Å². The summed E-state index contributed by atoms with van der Waals surface area (Å²) in [5, 5.41) is 0. The minimum Gasteiger partial charge on any atom is -0.329 e. The Hall–Kier alpha value is -0.420. The van der Waals surface area contributed by atoms with Crippen molar-refractivity contribution in [3.63, 3.8) is 0 Å². The molecule has 0 aliphatic carbocycles. The molecule has 3 nitrogen and oxygen atoms in total. The Morgan fingerprint density at radius 1 is 1.26 bits per heavy atom. The van der Waals surface area contributed by atoms with Crippen LogP contribution in [0.1, 0.15) is 23.6 Å². The van der Waals surface area contributed by atoms with Crippen molar-refractivity contribution in [2.75, 3.05) is 39.8 Å². The molecule has 1 aliphatic heterocycles. The van der Waals surface area contributed by atoms with Gasteiger partial charge in [0.15, 0.2) is 0 Å². The molecule has 19 heavy (non-hydrogen) atoms. The summed E-state index contributed by atoms with van der Waals surface area (Å²) >= 11 is 3.62. The van der Waals surface area contributed by atoms with Gasteiger partial charge < -0.3 is 10.6 Å². The van der Waals surface area contributed by atoms with Crippen molar-refractivity contribution in [3.05, 3.63) is 33.8 Å². The smallest absolute Gasteiger partial charge is 0.0471 e. The van der Waals surface area contributed by atoms with Gasteiger partial charge in [-0.1, -0.05) is 28.1 Å². The van der Waals surface area contributed by atoms with Crippen molar-refractivity contribution >= 4 is 15.9 Å². The predicted octanol–water partition coefficient (Wildman–Crippen LogP) is 2.39. The van der Waals surface area contributed by atoms with E-state index in [4.69, 9.17) is 5.73 Å². The fourth-order valence-corrected chi connectivity index (χ4v) is 3.09. The highest BCUT2D eigenvalue weighted by atomic mass is 79.9. The lowest BCUT2D eigenvalue weighted by atomic mass is 10.0. The summed E-state index contributed by atoms with van der Waals surface area (Å²) in [6, 6.07) is 6.95. The summed E-state index contributed by atoms with van der Waals surface area (Å²) in [5.41, 5.74) is 8.64. The molecule has 1 aromatic rings. The van der Waals surface area contributed by atoms with Gasteiger partial charge in [-0.2, -0.15) is 0 Å². The zero-order chi connectivity index (χ0) is 13.8. The molecule has 1 aliphatic rings. The number of hydrogen-bond acceptors (Lipinski definition) is 3. The Balaban J connectivity index is 2.16. The van der Waals surface area contributed by atoms with E-state index in [0.29, 0.717) is 12.6 Å². The zero-order valence-corrected chi connectivity index (χ0v) is 13.5. The molecule has 1 aromatic carbocycles. The summed E-state index contributed by atoms with van der Waals surface area (Å²) in [6.07, 6.45) is 1.22. The van der Waals surface area contributed by atoms with Gasteiger partial charge >= 0.3 is 0 Å².